The molecule has 1 atom stereocenters. The third kappa shape index (κ3) is 8.22. The third-order valence-corrected chi connectivity index (χ3v) is 4.51. The average Bonchev–Trinajstić information content (AvgIpc) is 3.14. The van der Waals surface area contributed by atoms with Gasteiger partial charge in [-0.25, -0.2) is 0 Å². The highest BCUT2D eigenvalue weighted by atomic mass is 127. The highest BCUT2D eigenvalue weighted by Gasteiger charge is 2.25. The van der Waals surface area contributed by atoms with Gasteiger partial charge >= 0.3 is 0 Å². The van der Waals surface area contributed by atoms with E-state index in [2.05, 4.69) is 52.5 Å². The summed E-state index contributed by atoms with van der Waals surface area (Å²) in [6, 6.07) is 10.8. The van der Waals surface area contributed by atoms with Crippen molar-refractivity contribution in [3.8, 4) is 0 Å². The monoisotopic (exact) mass is 475 g/mol. The van der Waals surface area contributed by atoms with Crippen LogP contribution in [-0.4, -0.2) is 64.0 Å². The van der Waals surface area contributed by atoms with E-state index in [0.717, 1.165) is 38.6 Å². The first-order chi connectivity index (χ1) is 12.3. The second-order valence-electron chi connectivity index (χ2n) is 6.39. The Bertz CT molecular complexity index is 499. The molecular weight excluding hydrogens is 441 g/mol. The molecule has 1 heterocycles. The van der Waals surface area contributed by atoms with E-state index < -0.39 is 0 Å². The maximum Gasteiger partial charge on any atom is 0.193 e. The van der Waals surface area contributed by atoms with E-state index in [1.807, 2.05) is 7.05 Å². The van der Waals surface area contributed by atoms with Crippen LogP contribution in [0.5, 0.6) is 0 Å². The van der Waals surface area contributed by atoms with E-state index >= 15 is 0 Å². The van der Waals surface area contributed by atoms with Crippen LogP contribution in [0.2, 0.25) is 0 Å². The number of halogens is 1. The minimum absolute atomic E-state index is 0. The number of hydrogen-bond acceptors (Lipinski definition) is 3. The Morgan fingerprint density at radius 1 is 1.15 bits per heavy atom. The third-order valence-electron chi connectivity index (χ3n) is 4.51. The molecule has 1 aliphatic heterocycles. The van der Waals surface area contributed by atoms with E-state index in [1.54, 1.807) is 0 Å². The van der Waals surface area contributed by atoms with Crippen molar-refractivity contribution in [2.24, 2.45) is 4.99 Å². The second kappa shape index (κ2) is 14.2. The summed E-state index contributed by atoms with van der Waals surface area (Å²) in [7, 11) is 1.85. The molecule has 0 spiro atoms. The number of benzene rings is 1. The van der Waals surface area contributed by atoms with Gasteiger partial charge in [-0.05, 0) is 18.4 Å². The molecule has 0 radical (unpaired) electrons. The standard InChI is InChI=1S/C20H33N3O2.HI/c1-3-4-13-24-15-16-25-14-11-22-20(21-2)23-12-10-19(17-23)18-8-6-5-7-9-18;/h5-9,19H,3-4,10-17H2,1-2H3,(H,21,22);1H. The van der Waals surface area contributed by atoms with Gasteiger partial charge in [0.15, 0.2) is 5.96 Å². The van der Waals surface area contributed by atoms with E-state index in [4.69, 9.17) is 9.47 Å². The topological polar surface area (TPSA) is 46.1 Å². The summed E-state index contributed by atoms with van der Waals surface area (Å²) >= 11 is 0. The molecule has 0 aromatic heterocycles. The number of likely N-dealkylation sites (tertiary alicyclic amines) is 1. The molecule has 148 valence electrons. The molecule has 0 amide bonds. The lowest BCUT2D eigenvalue weighted by atomic mass is 9.99. The van der Waals surface area contributed by atoms with Gasteiger partial charge in [-0.3, -0.25) is 4.99 Å². The van der Waals surface area contributed by atoms with Gasteiger partial charge in [-0.2, -0.15) is 0 Å². The zero-order valence-corrected chi connectivity index (χ0v) is 18.5. The quantitative estimate of drug-likeness (QED) is 0.244. The zero-order valence-electron chi connectivity index (χ0n) is 16.2. The van der Waals surface area contributed by atoms with Crippen molar-refractivity contribution >= 4 is 29.9 Å². The van der Waals surface area contributed by atoms with Gasteiger partial charge < -0.3 is 19.7 Å². The number of rotatable bonds is 10. The highest BCUT2D eigenvalue weighted by Crippen LogP contribution is 2.26. The summed E-state index contributed by atoms with van der Waals surface area (Å²) in [6.45, 7) is 7.86. The Morgan fingerprint density at radius 2 is 1.88 bits per heavy atom. The lowest BCUT2D eigenvalue weighted by molar-refractivity contribution is 0.0486. The fraction of sp³-hybridized carbons (Fsp3) is 0.650. The van der Waals surface area contributed by atoms with Crippen LogP contribution in [-0.2, 0) is 9.47 Å². The molecule has 1 aromatic rings. The van der Waals surface area contributed by atoms with Crippen LogP contribution in [0.4, 0.5) is 0 Å². The number of nitrogens with zero attached hydrogens (tertiary/aromatic N) is 2. The molecule has 0 bridgehead atoms. The maximum absolute atomic E-state index is 5.60. The second-order valence-corrected chi connectivity index (χ2v) is 6.39. The van der Waals surface area contributed by atoms with Gasteiger partial charge in [0, 0.05) is 39.2 Å². The first kappa shape index (κ1) is 23.2. The summed E-state index contributed by atoms with van der Waals surface area (Å²) in [4.78, 5) is 6.76. The SMILES string of the molecule is CCCCOCCOCCNC(=NC)N1CCC(c2ccccc2)C1.I. The van der Waals surface area contributed by atoms with Crippen LogP contribution >= 0.6 is 24.0 Å². The Kier molecular flexibility index (Phi) is 12.7. The molecule has 6 heteroatoms. The number of nitrogens with one attached hydrogen (secondary N) is 1. The molecule has 2 rings (SSSR count). The van der Waals surface area contributed by atoms with E-state index in [0.29, 0.717) is 25.7 Å². The fourth-order valence-corrected chi connectivity index (χ4v) is 3.09. The molecular formula is C20H34IN3O2. The van der Waals surface area contributed by atoms with Crippen molar-refractivity contribution in [3.05, 3.63) is 35.9 Å². The Balaban J connectivity index is 0.00000338. The van der Waals surface area contributed by atoms with Crippen LogP contribution in [0.25, 0.3) is 0 Å². The van der Waals surface area contributed by atoms with Gasteiger partial charge in [-0.1, -0.05) is 43.7 Å². The molecule has 1 aromatic carbocycles. The molecule has 1 fully saturated rings. The van der Waals surface area contributed by atoms with Gasteiger partial charge in [0.25, 0.3) is 0 Å². The number of ether oxygens (including phenoxy) is 2. The first-order valence-corrected chi connectivity index (χ1v) is 9.51. The molecule has 1 N–H and O–H groups in total. The lowest BCUT2D eigenvalue weighted by Crippen LogP contribution is -2.41. The largest absolute Gasteiger partial charge is 0.379 e. The van der Waals surface area contributed by atoms with Crippen molar-refractivity contribution in [1.82, 2.24) is 10.2 Å². The molecule has 0 saturated carbocycles. The van der Waals surface area contributed by atoms with Crippen molar-refractivity contribution in [1.29, 1.82) is 0 Å². The minimum atomic E-state index is 0. The summed E-state index contributed by atoms with van der Waals surface area (Å²) in [5, 5.41) is 3.40. The van der Waals surface area contributed by atoms with Crippen LogP contribution in [0.3, 0.4) is 0 Å². The van der Waals surface area contributed by atoms with Crippen molar-refractivity contribution < 1.29 is 9.47 Å². The van der Waals surface area contributed by atoms with E-state index in [-0.39, 0.29) is 24.0 Å². The Morgan fingerprint density at radius 3 is 2.58 bits per heavy atom. The summed E-state index contributed by atoms with van der Waals surface area (Å²) in [5.41, 5.74) is 1.42. The number of unbranched alkanes of at least 4 members (excludes halogenated alkanes) is 1. The predicted molar refractivity (Wildman–Crippen MR) is 119 cm³/mol. The summed E-state index contributed by atoms with van der Waals surface area (Å²) < 4.78 is 11.1. The molecule has 1 aliphatic rings. The highest BCUT2D eigenvalue weighted by molar-refractivity contribution is 14.0. The smallest absolute Gasteiger partial charge is 0.193 e. The van der Waals surface area contributed by atoms with Gasteiger partial charge in [0.2, 0.25) is 0 Å². The minimum Gasteiger partial charge on any atom is -0.379 e. The lowest BCUT2D eigenvalue weighted by Gasteiger charge is -2.21. The molecule has 5 nitrogen and oxygen atoms in total. The van der Waals surface area contributed by atoms with Gasteiger partial charge in [0.05, 0.1) is 19.8 Å². The zero-order chi connectivity index (χ0) is 17.7. The molecule has 26 heavy (non-hydrogen) atoms. The van der Waals surface area contributed by atoms with Gasteiger partial charge in [-0.15, -0.1) is 24.0 Å². The van der Waals surface area contributed by atoms with Crippen LogP contribution in [0, 0.1) is 0 Å². The van der Waals surface area contributed by atoms with Crippen LogP contribution < -0.4 is 5.32 Å². The predicted octanol–water partition coefficient (Wildman–Crippen LogP) is 3.50. The Labute approximate surface area is 175 Å². The normalized spacial score (nSPS) is 17.2. The summed E-state index contributed by atoms with van der Waals surface area (Å²) in [5.74, 6) is 1.57. The molecule has 0 aliphatic carbocycles. The first-order valence-electron chi connectivity index (χ1n) is 9.51. The average molecular weight is 475 g/mol. The Hall–Kier alpha value is -0.860. The number of hydrogen-bond donors (Lipinski definition) is 1. The number of guanidine groups is 1. The maximum atomic E-state index is 5.60. The van der Waals surface area contributed by atoms with Crippen molar-refractivity contribution in [3.63, 3.8) is 0 Å². The van der Waals surface area contributed by atoms with E-state index in [1.165, 1.54) is 18.4 Å². The molecule has 1 saturated heterocycles. The van der Waals surface area contributed by atoms with Gasteiger partial charge in [0.1, 0.15) is 0 Å². The van der Waals surface area contributed by atoms with E-state index in [9.17, 15) is 0 Å². The van der Waals surface area contributed by atoms with Crippen molar-refractivity contribution in [2.45, 2.75) is 32.1 Å². The molecule has 1 unspecified atom stereocenters. The summed E-state index contributed by atoms with van der Waals surface area (Å²) in [6.07, 6.45) is 3.47. The fourth-order valence-electron chi connectivity index (χ4n) is 3.09. The van der Waals surface area contributed by atoms with Crippen LogP contribution in [0.1, 0.15) is 37.7 Å². The number of aliphatic imine (C=N–C) groups is 1. The van der Waals surface area contributed by atoms with Crippen LogP contribution in [0.15, 0.2) is 35.3 Å². The van der Waals surface area contributed by atoms with Crippen molar-refractivity contribution in [2.75, 3.05) is 53.1 Å².